The van der Waals surface area contributed by atoms with Gasteiger partial charge in [-0.25, -0.2) is 9.97 Å². The maximum atomic E-state index is 4.81. The summed E-state index contributed by atoms with van der Waals surface area (Å²) in [6.45, 7) is 5.60. The van der Waals surface area contributed by atoms with Gasteiger partial charge in [-0.1, -0.05) is 13.8 Å². The standard InChI is InChI=1S/C16H23N3S/c1-12(2)9-15-18-14-6-3-7-17-16(14)19(15)10-13-5-4-8-20-11-13/h3,6-7,12-13H,4-5,8-11H2,1-2H3. The van der Waals surface area contributed by atoms with Gasteiger partial charge >= 0.3 is 0 Å². The second kappa shape index (κ2) is 6.17. The van der Waals surface area contributed by atoms with Gasteiger partial charge in [-0.15, -0.1) is 0 Å². The molecule has 0 saturated carbocycles. The minimum Gasteiger partial charge on any atom is -0.312 e. The Morgan fingerprint density at radius 1 is 1.45 bits per heavy atom. The summed E-state index contributed by atoms with van der Waals surface area (Å²) in [5.74, 6) is 5.24. The minimum absolute atomic E-state index is 0.631. The van der Waals surface area contributed by atoms with Crippen molar-refractivity contribution in [2.24, 2.45) is 11.8 Å². The van der Waals surface area contributed by atoms with E-state index < -0.39 is 0 Å². The predicted molar refractivity (Wildman–Crippen MR) is 86.1 cm³/mol. The van der Waals surface area contributed by atoms with E-state index in [0.29, 0.717) is 5.92 Å². The number of aromatic nitrogens is 3. The molecule has 3 rings (SSSR count). The van der Waals surface area contributed by atoms with E-state index >= 15 is 0 Å². The van der Waals surface area contributed by atoms with Crippen molar-refractivity contribution in [2.45, 2.75) is 39.7 Å². The van der Waals surface area contributed by atoms with Crippen molar-refractivity contribution in [3.8, 4) is 0 Å². The van der Waals surface area contributed by atoms with Crippen molar-refractivity contribution in [2.75, 3.05) is 11.5 Å². The summed E-state index contributed by atoms with van der Waals surface area (Å²) in [5, 5.41) is 0. The zero-order chi connectivity index (χ0) is 13.9. The third-order valence-corrected chi connectivity index (χ3v) is 5.15. The Hall–Kier alpha value is -1.03. The Kier molecular flexibility index (Phi) is 4.29. The van der Waals surface area contributed by atoms with Crippen LogP contribution in [0.15, 0.2) is 18.3 Å². The number of hydrogen-bond acceptors (Lipinski definition) is 3. The van der Waals surface area contributed by atoms with E-state index in [-0.39, 0.29) is 0 Å². The van der Waals surface area contributed by atoms with Crippen LogP contribution in [0.25, 0.3) is 11.2 Å². The highest BCUT2D eigenvalue weighted by Gasteiger charge is 2.19. The first-order valence-electron chi connectivity index (χ1n) is 7.62. The van der Waals surface area contributed by atoms with E-state index in [1.54, 1.807) is 0 Å². The lowest BCUT2D eigenvalue weighted by Crippen LogP contribution is -2.19. The van der Waals surface area contributed by atoms with Crippen LogP contribution in [0.2, 0.25) is 0 Å². The molecule has 1 saturated heterocycles. The topological polar surface area (TPSA) is 30.7 Å². The molecule has 1 aliphatic rings. The van der Waals surface area contributed by atoms with Crippen molar-refractivity contribution in [3.05, 3.63) is 24.2 Å². The highest BCUT2D eigenvalue weighted by atomic mass is 32.2. The zero-order valence-corrected chi connectivity index (χ0v) is 13.2. The lowest BCUT2D eigenvalue weighted by atomic mass is 10.1. The Balaban J connectivity index is 1.92. The number of rotatable bonds is 4. The van der Waals surface area contributed by atoms with Crippen molar-refractivity contribution in [1.29, 1.82) is 0 Å². The molecule has 20 heavy (non-hydrogen) atoms. The fourth-order valence-electron chi connectivity index (χ4n) is 2.93. The molecule has 0 bridgehead atoms. The van der Waals surface area contributed by atoms with E-state index in [1.165, 1.54) is 30.2 Å². The summed E-state index contributed by atoms with van der Waals surface area (Å²) in [4.78, 5) is 9.38. The summed E-state index contributed by atoms with van der Waals surface area (Å²) in [6, 6.07) is 4.06. The first-order valence-corrected chi connectivity index (χ1v) is 8.77. The van der Waals surface area contributed by atoms with Gasteiger partial charge < -0.3 is 4.57 Å². The molecule has 2 aromatic heterocycles. The van der Waals surface area contributed by atoms with Crippen molar-refractivity contribution >= 4 is 22.9 Å². The van der Waals surface area contributed by atoms with E-state index in [2.05, 4.69) is 41.2 Å². The molecule has 1 unspecified atom stereocenters. The number of imidazole rings is 1. The Labute approximate surface area is 125 Å². The van der Waals surface area contributed by atoms with Gasteiger partial charge in [0.15, 0.2) is 5.65 Å². The van der Waals surface area contributed by atoms with Gasteiger partial charge in [0.1, 0.15) is 11.3 Å². The Bertz CT molecular complexity index is 570. The van der Waals surface area contributed by atoms with Gasteiger partial charge in [-0.05, 0) is 48.3 Å². The highest BCUT2D eigenvalue weighted by molar-refractivity contribution is 7.99. The predicted octanol–water partition coefficient (Wildman–Crippen LogP) is 3.77. The fraction of sp³-hybridized carbons (Fsp3) is 0.625. The summed E-state index contributed by atoms with van der Waals surface area (Å²) in [7, 11) is 0. The molecule has 3 nitrogen and oxygen atoms in total. The van der Waals surface area contributed by atoms with Gasteiger partial charge in [0.25, 0.3) is 0 Å². The molecule has 4 heteroatoms. The van der Waals surface area contributed by atoms with E-state index in [4.69, 9.17) is 4.98 Å². The summed E-state index contributed by atoms with van der Waals surface area (Å²) in [5.41, 5.74) is 2.12. The van der Waals surface area contributed by atoms with E-state index in [1.807, 2.05) is 12.3 Å². The van der Waals surface area contributed by atoms with Crippen molar-refractivity contribution in [3.63, 3.8) is 0 Å². The number of hydrogen-bond donors (Lipinski definition) is 0. The molecule has 0 radical (unpaired) electrons. The highest BCUT2D eigenvalue weighted by Crippen LogP contribution is 2.26. The van der Waals surface area contributed by atoms with Crippen LogP contribution in [0.5, 0.6) is 0 Å². The first kappa shape index (κ1) is 13.9. The molecule has 0 amide bonds. The molecule has 1 aliphatic heterocycles. The molecule has 0 aromatic carbocycles. The van der Waals surface area contributed by atoms with Crippen LogP contribution in [-0.2, 0) is 13.0 Å². The molecule has 0 spiro atoms. The number of pyridine rings is 1. The van der Waals surface area contributed by atoms with Crippen LogP contribution in [0.1, 0.15) is 32.5 Å². The Morgan fingerprint density at radius 3 is 3.10 bits per heavy atom. The van der Waals surface area contributed by atoms with Crippen molar-refractivity contribution < 1.29 is 0 Å². The molecule has 2 aromatic rings. The number of fused-ring (bicyclic) bond motifs is 1. The average molecular weight is 289 g/mol. The van der Waals surface area contributed by atoms with Gasteiger partial charge in [0.2, 0.25) is 0 Å². The fourth-order valence-corrected chi connectivity index (χ4v) is 4.07. The van der Waals surface area contributed by atoms with Crippen LogP contribution in [0.4, 0.5) is 0 Å². The largest absolute Gasteiger partial charge is 0.312 e. The number of thioether (sulfide) groups is 1. The van der Waals surface area contributed by atoms with Crippen molar-refractivity contribution in [1.82, 2.24) is 14.5 Å². The molecule has 0 N–H and O–H groups in total. The summed E-state index contributed by atoms with van der Waals surface area (Å²) < 4.78 is 2.38. The SMILES string of the molecule is CC(C)Cc1nc2cccnc2n1CC1CCCSC1. The maximum Gasteiger partial charge on any atom is 0.159 e. The monoisotopic (exact) mass is 289 g/mol. The summed E-state index contributed by atoms with van der Waals surface area (Å²) >= 11 is 2.10. The minimum atomic E-state index is 0.631. The van der Waals surface area contributed by atoms with Gasteiger partial charge in [0, 0.05) is 19.2 Å². The quantitative estimate of drug-likeness (QED) is 0.858. The average Bonchev–Trinajstić information content (AvgIpc) is 2.77. The van der Waals surface area contributed by atoms with Gasteiger partial charge in [0.05, 0.1) is 0 Å². The lowest BCUT2D eigenvalue weighted by Gasteiger charge is -2.23. The van der Waals surface area contributed by atoms with Crippen LogP contribution in [0.3, 0.4) is 0 Å². The van der Waals surface area contributed by atoms with E-state index in [9.17, 15) is 0 Å². The summed E-state index contributed by atoms with van der Waals surface area (Å²) in [6.07, 6.45) is 5.63. The van der Waals surface area contributed by atoms with E-state index in [0.717, 1.165) is 30.0 Å². The molecule has 1 fully saturated rings. The third kappa shape index (κ3) is 3.00. The maximum absolute atomic E-state index is 4.81. The molecule has 1 atom stereocenters. The first-order chi connectivity index (χ1) is 9.74. The van der Waals surface area contributed by atoms with Gasteiger partial charge in [-0.2, -0.15) is 11.8 Å². The third-order valence-electron chi connectivity index (χ3n) is 3.87. The smallest absolute Gasteiger partial charge is 0.159 e. The zero-order valence-electron chi connectivity index (χ0n) is 12.4. The van der Waals surface area contributed by atoms with Crippen LogP contribution in [0, 0.1) is 11.8 Å². The second-order valence-corrected chi connectivity index (χ2v) is 7.32. The molecule has 3 heterocycles. The second-order valence-electron chi connectivity index (χ2n) is 6.17. The Morgan fingerprint density at radius 2 is 2.35 bits per heavy atom. The lowest BCUT2D eigenvalue weighted by molar-refractivity contribution is 0.436. The van der Waals surface area contributed by atoms with Crippen LogP contribution >= 0.6 is 11.8 Å². The van der Waals surface area contributed by atoms with Crippen LogP contribution in [-0.4, -0.2) is 26.0 Å². The normalized spacial score (nSPS) is 19.9. The number of nitrogens with zero attached hydrogens (tertiary/aromatic N) is 3. The van der Waals surface area contributed by atoms with Gasteiger partial charge in [-0.3, -0.25) is 0 Å². The van der Waals surface area contributed by atoms with Crippen LogP contribution < -0.4 is 0 Å². The molecule has 108 valence electrons. The molecular weight excluding hydrogens is 266 g/mol. The molecule has 0 aliphatic carbocycles. The molecular formula is C16H23N3S.